The highest BCUT2D eigenvalue weighted by molar-refractivity contribution is 5.01. The molecule has 106 valence electrons. The number of hydrogen-bond donors (Lipinski definition) is 1. The summed E-state index contributed by atoms with van der Waals surface area (Å²) in [5.41, 5.74) is 0.448. The van der Waals surface area contributed by atoms with Crippen LogP contribution >= 0.6 is 0 Å². The van der Waals surface area contributed by atoms with Gasteiger partial charge < -0.3 is 5.11 Å². The summed E-state index contributed by atoms with van der Waals surface area (Å²) >= 11 is 0. The molecule has 0 aromatic rings. The molecule has 1 N–H and O–H groups in total. The summed E-state index contributed by atoms with van der Waals surface area (Å²) in [6.07, 6.45) is 11.8. The minimum Gasteiger partial charge on any atom is -0.393 e. The van der Waals surface area contributed by atoms with Crippen LogP contribution in [0.15, 0.2) is 0 Å². The molecule has 0 aromatic carbocycles. The van der Waals surface area contributed by atoms with E-state index >= 15 is 0 Å². The Labute approximate surface area is 113 Å². The summed E-state index contributed by atoms with van der Waals surface area (Å²) in [6, 6.07) is 0. The molecule has 0 amide bonds. The van der Waals surface area contributed by atoms with E-state index < -0.39 is 0 Å². The van der Waals surface area contributed by atoms with E-state index in [2.05, 4.69) is 20.8 Å². The summed E-state index contributed by atoms with van der Waals surface area (Å²) in [5, 5.41) is 10.3. The fourth-order valence-electron chi connectivity index (χ4n) is 5.04. The van der Waals surface area contributed by atoms with E-state index in [9.17, 15) is 5.11 Å². The molecule has 0 radical (unpaired) electrons. The van der Waals surface area contributed by atoms with Gasteiger partial charge in [-0.25, -0.2) is 0 Å². The monoisotopic (exact) mass is 252 g/mol. The molecule has 18 heavy (non-hydrogen) atoms. The smallest absolute Gasteiger partial charge is 0.0573 e. The van der Waals surface area contributed by atoms with Gasteiger partial charge in [0.2, 0.25) is 0 Å². The standard InChI is InChI=1S/C17H32O/c1-4-5-6-8-13(2)14-10-11-15-16(18)9-7-12-17(14,15)3/h13-16,18H,4-12H2,1-3H3/t13-,14?,15+,16+,17-/m1/s1. The molecule has 2 saturated carbocycles. The molecule has 0 bridgehead atoms. The van der Waals surface area contributed by atoms with Crippen molar-refractivity contribution < 1.29 is 5.11 Å². The molecule has 2 aliphatic rings. The summed E-state index contributed by atoms with van der Waals surface area (Å²) in [6.45, 7) is 7.23. The van der Waals surface area contributed by atoms with E-state index in [-0.39, 0.29) is 6.10 Å². The Morgan fingerprint density at radius 3 is 2.72 bits per heavy atom. The van der Waals surface area contributed by atoms with Gasteiger partial charge in [0.1, 0.15) is 0 Å². The Kier molecular flexibility index (Phi) is 4.75. The topological polar surface area (TPSA) is 20.2 Å². The van der Waals surface area contributed by atoms with Crippen molar-refractivity contribution in [1.29, 1.82) is 0 Å². The number of fused-ring (bicyclic) bond motifs is 1. The lowest BCUT2D eigenvalue weighted by Crippen LogP contribution is -2.41. The maximum absolute atomic E-state index is 10.3. The van der Waals surface area contributed by atoms with Gasteiger partial charge in [0, 0.05) is 0 Å². The highest BCUT2D eigenvalue weighted by atomic mass is 16.3. The third kappa shape index (κ3) is 2.61. The van der Waals surface area contributed by atoms with Crippen LogP contribution in [0.3, 0.4) is 0 Å². The van der Waals surface area contributed by atoms with Crippen molar-refractivity contribution in [2.45, 2.75) is 84.7 Å². The van der Waals surface area contributed by atoms with Crippen LogP contribution in [0.2, 0.25) is 0 Å². The van der Waals surface area contributed by atoms with E-state index in [4.69, 9.17) is 0 Å². The first-order valence-corrected chi connectivity index (χ1v) is 8.27. The first-order valence-electron chi connectivity index (χ1n) is 8.27. The van der Waals surface area contributed by atoms with Crippen LogP contribution in [-0.2, 0) is 0 Å². The molecule has 1 unspecified atom stereocenters. The number of hydrogen-bond acceptors (Lipinski definition) is 1. The predicted molar refractivity (Wildman–Crippen MR) is 77.5 cm³/mol. The second-order valence-corrected chi connectivity index (χ2v) is 7.23. The number of unbranched alkanes of at least 4 members (excludes halogenated alkanes) is 2. The zero-order chi connectivity index (χ0) is 13.2. The third-order valence-electron chi connectivity index (χ3n) is 6.11. The molecular formula is C17H32O. The molecule has 2 fully saturated rings. The van der Waals surface area contributed by atoms with Gasteiger partial charge in [-0.3, -0.25) is 0 Å². The van der Waals surface area contributed by atoms with Crippen molar-refractivity contribution in [1.82, 2.24) is 0 Å². The second kappa shape index (κ2) is 5.94. The fraction of sp³-hybridized carbons (Fsp3) is 1.00. The van der Waals surface area contributed by atoms with Crippen molar-refractivity contribution in [3.63, 3.8) is 0 Å². The van der Waals surface area contributed by atoms with Gasteiger partial charge in [-0.2, -0.15) is 0 Å². The lowest BCUT2D eigenvalue weighted by atomic mass is 9.61. The lowest BCUT2D eigenvalue weighted by Gasteiger charge is -2.45. The summed E-state index contributed by atoms with van der Waals surface area (Å²) in [5.74, 6) is 2.33. The molecule has 2 aliphatic carbocycles. The molecule has 0 saturated heterocycles. The lowest BCUT2D eigenvalue weighted by molar-refractivity contribution is -0.0278. The van der Waals surface area contributed by atoms with Gasteiger partial charge in [0.15, 0.2) is 0 Å². The highest BCUT2D eigenvalue weighted by Gasteiger charge is 2.51. The number of aliphatic hydroxyl groups excluding tert-OH is 1. The Morgan fingerprint density at radius 2 is 2.00 bits per heavy atom. The van der Waals surface area contributed by atoms with Crippen LogP contribution in [0.5, 0.6) is 0 Å². The molecule has 0 aromatic heterocycles. The quantitative estimate of drug-likeness (QED) is 0.698. The fourth-order valence-corrected chi connectivity index (χ4v) is 5.04. The third-order valence-corrected chi connectivity index (χ3v) is 6.11. The van der Waals surface area contributed by atoms with E-state index in [1.54, 1.807) is 0 Å². The molecule has 0 aliphatic heterocycles. The Balaban J connectivity index is 1.97. The van der Waals surface area contributed by atoms with Gasteiger partial charge in [0.25, 0.3) is 0 Å². The SMILES string of the molecule is CCCCC[C@@H](C)C1CC[C@H]2[C@@H](O)CCC[C@]12C. The van der Waals surface area contributed by atoms with Crippen molar-refractivity contribution in [2.75, 3.05) is 0 Å². The molecular weight excluding hydrogens is 220 g/mol. The zero-order valence-electron chi connectivity index (χ0n) is 12.6. The summed E-state index contributed by atoms with van der Waals surface area (Å²) in [7, 11) is 0. The van der Waals surface area contributed by atoms with E-state index in [1.807, 2.05) is 0 Å². The molecule has 2 rings (SSSR count). The first kappa shape index (κ1) is 14.4. The number of aliphatic hydroxyl groups is 1. The maximum atomic E-state index is 10.3. The highest BCUT2D eigenvalue weighted by Crippen LogP contribution is 2.58. The van der Waals surface area contributed by atoms with Crippen molar-refractivity contribution in [3.05, 3.63) is 0 Å². The first-order chi connectivity index (χ1) is 8.59. The Morgan fingerprint density at radius 1 is 1.22 bits per heavy atom. The minimum absolute atomic E-state index is 0.00316. The van der Waals surface area contributed by atoms with Gasteiger partial charge >= 0.3 is 0 Å². The molecule has 1 nitrogen and oxygen atoms in total. The Hall–Kier alpha value is -0.0400. The van der Waals surface area contributed by atoms with Crippen LogP contribution in [0.4, 0.5) is 0 Å². The van der Waals surface area contributed by atoms with Crippen molar-refractivity contribution in [2.24, 2.45) is 23.2 Å². The van der Waals surface area contributed by atoms with E-state index in [0.29, 0.717) is 11.3 Å². The predicted octanol–water partition coefficient (Wildman–Crippen LogP) is 4.78. The summed E-state index contributed by atoms with van der Waals surface area (Å²) in [4.78, 5) is 0. The van der Waals surface area contributed by atoms with Gasteiger partial charge in [-0.1, -0.05) is 52.9 Å². The molecule has 5 atom stereocenters. The average Bonchev–Trinajstić information content (AvgIpc) is 2.68. The van der Waals surface area contributed by atoms with Crippen LogP contribution in [0.1, 0.15) is 78.6 Å². The van der Waals surface area contributed by atoms with Crippen LogP contribution in [-0.4, -0.2) is 11.2 Å². The van der Waals surface area contributed by atoms with Crippen LogP contribution in [0, 0.1) is 23.2 Å². The largest absolute Gasteiger partial charge is 0.393 e. The van der Waals surface area contributed by atoms with Gasteiger partial charge in [0.05, 0.1) is 6.10 Å². The van der Waals surface area contributed by atoms with Crippen molar-refractivity contribution >= 4 is 0 Å². The molecule has 0 spiro atoms. The van der Waals surface area contributed by atoms with Gasteiger partial charge in [-0.05, 0) is 48.9 Å². The molecule has 0 heterocycles. The average molecular weight is 252 g/mol. The second-order valence-electron chi connectivity index (χ2n) is 7.23. The van der Waals surface area contributed by atoms with Crippen LogP contribution < -0.4 is 0 Å². The van der Waals surface area contributed by atoms with Crippen molar-refractivity contribution in [3.8, 4) is 0 Å². The molecule has 1 heteroatoms. The van der Waals surface area contributed by atoms with Gasteiger partial charge in [-0.15, -0.1) is 0 Å². The zero-order valence-corrected chi connectivity index (χ0v) is 12.6. The summed E-state index contributed by atoms with van der Waals surface area (Å²) < 4.78 is 0. The number of rotatable bonds is 5. The van der Waals surface area contributed by atoms with E-state index in [1.165, 1.54) is 51.4 Å². The Bertz CT molecular complexity index is 262. The normalized spacial score (nSPS) is 41.7. The maximum Gasteiger partial charge on any atom is 0.0573 e. The van der Waals surface area contributed by atoms with Crippen LogP contribution in [0.25, 0.3) is 0 Å². The minimum atomic E-state index is -0.00316. The van der Waals surface area contributed by atoms with E-state index in [0.717, 1.165) is 18.3 Å².